The first-order valence-electron chi connectivity index (χ1n) is 6.25. The molecule has 1 aliphatic heterocycles. The van der Waals surface area contributed by atoms with Crippen LogP contribution in [0.25, 0.3) is 0 Å². The van der Waals surface area contributed by atoms with Crippen LogP contribution in [0.1, 0.15) is 24.4 Å². The Bertz CT molecular complexity index is 596. The van der Waals surface area contributed by atoms with E-state index in [9.17, 15) is 9.50 Å². The normalized spacial score (nSPS) is 16.3. The largest absolute Gasteiger partial charge is 0.389 e. The Morgan fingerprint density at radius 3 is 3.00 bits per heavy atom. The zero-order valence-electron chi connectivity index (χ0n) is 10.6. The lowest BCUT2D eigenvalue weighted by molar-refractivity contribution is 0.199. The third-order valence-electron chi connectivity index (χ3n) is 3.42. The average Bonchev–Trinajstić information content (AvgIpc) is 2.85. The van der Waals surface area contributed by atoms with Crippen LogP contribution in [-0.4, -0.2) is 26.4 Å². The minimum absolute atomic E-state index is 0.314. The van der Waals surface area contributed by atoms with Gasteiger partial charge in [0.25, 0.3) is 0 Å². The molecule has 1 aromatic heterocycles. The molecule has 3 rings (SSSR count). The van der Waals surface area contributed by atoms with E-state index < -0.39 is 6.10 Å². The van der Waals surface area contributed by atoms with Crippen molar-refractivity contribution in [1.29, 1.82) is 0 Å². The summed E-state index contributed by atoms with van der Waals surface area (Å²) in [6.07, 6.45) is 0.981. The fourth-order valence-electron chi connectivity index (χ4n) is 2.46. The monoisotopic (exact) mass is 262 g/mol. The molecule has 6 heteroatoms. The fourth-order valence-corrected chi connectivity index (χ4v) is 2.46. The number of hydrogen-bond acceptors (Lipinski definition) is 4. The Hall–Kier alpha value is -1.95. The summed E-state index contributed by atoms with van der Waals surface area (Å²) in [7, 11) is 0. The molecule has 0 aliphatic carbocycles. The molecule has 19 heavy (non-hydrogen) atoms. The number of halogens is 1. The van der Waals surface area contributed by atoms with Gasteiger partial charge in [0.15, 0.2) is 5.82 Å². The van der Waals surface area contributed by atoms with Gasteiger partial charge in [-0.15, -0.1) is 10.2 Å². The lowest BCUT2D eigenvalue weighted by Gasteiger charge is -2.31. The first-order chi connectivity index (χ1) is 9.16. The van der Waals surface area contributed by atoms with Gasteiger partial charge in [0, 0.05) is 18.7 Å². The van der Waals surface area contributed by atoms with Gasteiger partial charge in [-0.25, -0.2) is 4.39 Å². The first kappa shape index (κ1) is 12.1. The second-order valence-electron chi connectivity index (χ2n) is 4.72. The minimum atomic E-state index is -0.703. The predicted octanol–water partition coefficient (Wildman–Crippen LogP) is 1.49. The molecule has 0 saturated carbocycles. The zero-order chi connectivity index (χ0) is 13.4. The Morgan fingerprint density at radius 2 is 2.21 bits per heavy atom. The molecule has 2 heterocycles. The van der Waals surface area contributed by atoms with Gasteiger partial charge >= 0.3 is 0 Å². The third-order valence-corrected chi connectivity index (χ3v) is 3.42. The number of hydrogen-bond donors (Lipinski definition) is 1. The van der Waals surface area contributed by atoms with Crippen LogP contribution in [0.4, 0.5) is 10.1 Å². The number of rotatable bonds is 2. The number of para-hydroxylation sites is 1. The van der Waals surface area contributed by atoms with Crippen molar-refractivity contribution >= 4 is 5.69 Å². The van der Waals surface area contributed by atoms with Gasteiger partial charge < -0.3 is 14.6 Å². The van der Waals surface area contributed by atoms with Gasteiger partial charge in [-0.1, -0.05) is 12.1 Å². The molecule has 0 spiro atoms. The summed E-state index contributed by atoms with van der Waals surface area (Å²) >= 11 is 0. The highest BCUT2D eigenvalue weighted by Crippen LogP contribution is 2.31. The topological polar surface area (TPSA) is 54.2 Å². The third kappa shape index (κ3) is 2.08. The van der Waals surface area contributed by atoms with Crippen LogP contribution < -0.4 is 4.90 Å². The Labute approximate surface area is 110 Å². The van der Waals surface area contributed by atoms with Crippen molar-refractivity contribution in [2.45, 2.75) is 26.1 Å². The molecular formula is C13H15FN4O. The highest BCUT2D eigenvalue weighted by molar-refractivity contribution is 5.56. The van der Waals surface area contributed by atoms with Crippen LogP contribution in [-0.2, 0) is 13.1 Å². The van der Waals surface area contributed by atoms with E-state index in [-0.39, 0.29) is 5.82 Å². The summed E-state index contributed by atoms with van der Waals surface area (Å²) in [5.41, 5.74) is 1.07. The summed E-state index contributed by atoms with van der Waals surface area (Å²) in [5.74, 6) is 0.498. The van der Waals surface area contributed by atoms with Crippen molar-refractivity contribution in [1.82, 2.24) is 14.8 Å². The summed E-state index contributed by atoms with van der Waals surface area (Å²) in [6, 6.07) is 4.79. The van der Waals surface area contributed by atoms with Crippen molar-refractivity contribution in [2.24, 2.45) is 0 Å². The standard InChI is InChI=1S/C13H15FN4O/c1-9(19)10-3-2-4-11(14)13(10)17-5-6-18-8-15-16-12(18)7-17/h2-4,8-9,19H,5-7H2,1H3/t9-/m1/s1. The molecule has 1 atom stereocenters. The maximum Gasteiger partial charge on any atom is 0.152 e. The van der Waals surface area contributed by atoms with Crippen molar-refractivity contribution < 1.29 is 9.50 Å². The summed E-state index contributed by atoms with van der Waals surface area (Å²) in [6.45, 7) is 3.53. The summed E-state index contributed by atoms with van der Waals surface area (Å²) < 4.78 is 16.1. The van der Waals surface area contributed by atoms with E-state index in [1.54, 1.807) is 25.4 Å². The number of benzene rings is 1. The van der Waals surface area contributed by atoms with Crippen LogP contribution in [0.3, 0.4) is 0 Å². The second kappa shape index (κ2) is 4.62. The van der Waals surface area contributed by atoms with Gasteiger partial charge in [0.05, 0.1) is 18.3 Å². The van der Waals surface area contributed by atoms with Crippen LogP contribution in [0.5, 0.6) is 0 Å². The molecule has 1 N–H and O–H groups in total. The molecule has 0 radical (unpaired) electrons. The number of nitrogens with zero attached hydrogens (tertiary/aromatic N) is 4. The van der Waals surface area contributed by atoms with E-state index in [1.807, 2.05) is 9.47 Å². The number of aliphatic hydroxyl groups is 1. The van der Waals surface area contributed by atoms with Crippen LogP contribution in [0, 0.1) is 5.82 Å². The van der Waals surface area contributed by atoms with Gasteiger partial charge in [-0.2, -0.15) is 0 Å². The summed E-state index contributed by atoms with van der Waals surface area (Å²) in [4.78, 5) is 1.90. The van der Waals surface area contributed by atoms with Crippen LogP contribution in [0.15, 0.2) is 24.5 Å². The van der Waals surface area contributed by atoms with E-state index in [0.29, 0.717) is 24.3 Å². The second-order valence-corrected chi connectivity index (χ2v) is 4.72. The predicted molar refractivity (Wildman–Crippen MR) is 68.1 cm³/mol. The lowest BCUT2D eigenvalue weighted by Crippen LogP contribution is -2.35. The molecule has 1 aromatic carbocycles. The SMILES string of the molecule is C[C@@H](O)c1cccc(F)c1N1CCn2cnnc2C1. The highest BCUT2D eigenvalue weighted by Gasteiger charge is 2.23. The first-order valence-corrected chi connectivity index (χ1v) is 6.25. The minimum Gasteiger partial charge on any atom is -0.389 e. The molecule has 1 aliphatic rings. The highest BCUT2D eigenvalue weighted by atomic mass is 19.1. The average molecular weight is 262 g/mol. The molecule has 0 amide bonds. The quantitative estimate of drug-likeness (QED) is 0.891. The Morgan fingerprint density at radius 1 is 1.37 bits per heavy atom. The van der Waals surface area contributed by atoms with E-state index in [2.05, 4.69) is 10.2 Å². The molecule has 5 nitrogen and oxygen atoms in total. The van der Waals surface area contributed by atoms with Crippen LogP contribution >= 0.6 is 0 Å². The van der Waals surface area contributed by atoms with Gasteiger partial charge in [0.1, 0.15) is 12.1 Å². The van der Waals surface area contributed by atoms with E-state index in [0.717, 1.165) is 12.4 Å². The van der Waals surface area contributed by atoms with Crippen molar-refractivity contribution in [3.63, 3.8) is 0 Å². The molecule has 0 fully saturated rings. The van der Waals surface area contributed by atoms with Crippen LogP contribution in [0.2, 0.25) is 0 Å². The van der Waals surface area contributed by atoms with Crippen molar-refractivity contribution in [3.8, 4) is 0 Å². The molecule has 100 valence electrons. The number of anilines is 1. The number of aliphatic hydroxyl groups excluding tert-OH is 1. The summed E-state index contributed by atoms with van der Waals surface area (Å²) in [5, 5.41) is 17.7. The van der Waals surface area contributed by atoms with Gasteiger partial charge in [-0.3, -0.25) is 0 Å². The molecule has 0 unspecified atom stereocenters. The molecule has 0 saturated heterocycles. The fraction of sp³-hybridized carbons (Fsp3) is 0.385. The molecular weight excluding hydrogens is 247 g/mol. The number of aromatic nitrogens is 3. The van der Waals surface area contributed by atoms with Crippen molar-refractivity contribution in [2.75, 3.05) is 11.4 Å². The maximum absolute atomic E-state index is 14.1. The van der Waals surface area contributed by atoms with Gasteiger partial charge in [-0.05, 0) is 13.0 Å². The smallest absolute Gasteiger partial charge is 0.152 e. The lowest BCUT2D eigenvalue weighted by atomic mass is 10.1. The van der Waals surface area contributed by atoms with Gasteiger partial charge in [0.2, 0.25) is 0 Å². The Kier molecular flexibility index (Phi) is 2.94. The van der Waals surface area contributed by atoms with E-state index >= 15 is 0 Å². The Balaban J connectivity index is 2.00. The zero-order valence-corrected chi connectivity index (χ0v) is 10.6. The number of fused-ring (bicyclic) bond motifs is 1. The van der Waals surface area contributed by atoms with E-state index in [1.165, 1.54) is 6.07 Å². The van der Waals surface area contributed by atoms with Crippen molar-refractivity contribution in [3.05, 3.63) is 41.7 Å². The molecule has 2 aromatic rings. The van der Waals surface area contributed by atoms with E-state index in [4.69, 9.17) is 0 Å². The molecule has 0 bridgehead atoms. The maximum atomic E-state index is 14.1.